The first-order valence-electron chi connectivity index (χ1n) is 4.42. The van der Waals surface area contributed by atoms with Crippen LogP contribution in [-0.2, 0) is 9.53 Å². The third-order valence-corrected chi connectivity index (χ3v) is 3.02. The molecule has 0 spiro atoms. The molecule has 0 aliphatic rings. The molecule has 0 aromatic carbocycles. The first-order valence-corrected chi connectivity index (χ1v) is 5.65. The number of rotatable bonds is 5. The van der Waals surface area contributed by atoms with Crippen molar-refractivity contribution in [3.63, 3.8) is 0 Å². The highest BCUT2D eigenvalue weighted by Crippen LogP contribution is 2.30. The molecule has 6 heteroatoms. The number of hydrogen-bond acceptors (Lipinski definition) is 5. The summed E-state index contributed by atoms with van der Waals surface area (Å²) in [5.74, 6) is -0.917. The number of nitrogens with zero attached hydrogens (tertiary/aromatic N) is 1. The van der Waals surface area contributed by atoms with E-state index in [1.807, 2.05) is 0 Å². The van der Waals surface area contributed by atoms with Crippen molar-refractivity contribution in [1.82, 2.24) is 0 Å². The Morgan fingerprint density at radius 2 is 2.33 bits per heavy atom. The van der Waals surface area contributed by atoms with Gasteiger partial charge < -0.3 is 9.84 Å². The van der Waals surface area contributed by atoms with Gasteiger partial charge in [-0.15, -0.1) is 0 Å². The monoisotopic (exact) mass is 247 g/mol. The number of carboxylic acids is 1. The second kappa shape index (κ2) is 6.64. The van der Waals surface area contributed by atoms with Gasteiger partial charge in [-0.25, -0.2) is 0 Å². The van der Waals surface area contributed by atoms with Gasteiger partial charge in [-0.1, -0.05) is 11.8 Å². The van der Waals surface area contributed by atoms with Crippen LogP contribution in [0.5, 0.6) is 0 Å². The molecular formula is C9H13NO3S2. The number of thiocarbonyl (C=S) groups is 1. The maximum Gasteiger partial charge on any atom is 0.303 e. The number of carbonyl (C=O) groups is 1. The van der Waals surface area contributed by atoms with E-state index >= 15 is 0 Å². The second-order valence-corrected chi connectivity index (χ2v) is 5.13. The topological polar surface area (TPSA) is 70.3 Å². The Kier molecular flexibility index (Phi) is 6.29. The largest absolute Gasteiger partial charge is 0.481 e. The van der Waals surface area contributed by atoms with Crippen molar-refractivity contribution < 1.29 is 14.6 Å². The van der Waals surface area contributed by atoms with Gasteiger partial charge in [-0.05, 0) is 32.5 Å². The molecule has 0 unspecified atom stereocenters. The van der Waals surface area contributed by atoms with Crippen LogP contribution in [0.2, 0.25) is 0 Å². The van der Waals surface area contributed by atoms with Crippen LogP contribution in [-0.4, -0.2) is 26.8 Å². The second-order valence-electron chi connectivity index (χ2n) is 3.02. The summed E-state index contributed by atoms with van der Waals surface area (Å²) in [6.07, 6.45) is 0.197. The number of aliphatic carboxylic acids is 1. The fraction of sp³-hybridized carbons (Fsp3) is 0.667. The van der Waals surface area contributed by atoms with Gasteiger partial charge in [0.05, 0.1) is 12.7 Å². The van der Waals surface area contributed by atoms with Crippen molar-refractivity contribution >= 4 is 34.3 Å². The van der Waals surface area contributed by atoms with Crippen molar-refractivity contribution in [1.29, 1.82) is 5.26 Å². The van der Waals surface area contributed by atoms with Crippen LogP contribution in [0.15, 0.2) is 0 Å². The summed E-state index contributed by atoms with van der Waals surface area (Å²) in [4.78, 5) is 10.4. The van der Waals surface area contributed by atoms with E-state index in [0.29, 0.717) is 6.61 Å². The summed E-state index contributed by atoms with van der Waals surface area (Å²) in [5.41, 5.74) is 0. The molecule has 0 fully saturated rings. The average molecular weight is 247 g/mol. The van der Waals surface area contributed by atoms with Gasteiger partial charge in [0.15, 0.2) is 0 Å². The smallest absolute Gasteiger partial charge is 0.303 e. The van der Waals surface area contributed by atoms with Crippen LogP contribution in [0.3, 0.4) is 0 Å². The lowest BCUT2D eigenvalue weighted by Gasteiger charge is -2.19. The number of hydrogen-bond donors (Lipinski definition) is 1. The minimum Gasteiger partial charge on any atom is -0.481 e. The highest BCUT2D eigenvalue weighted by Gasteiger charge is 2.28. The summed E-state index contributed by atoms with van der Waals surface area (Å²) in [6, 6.07) is 2.06. The molecule has 0 bridgehead atoms. The zero-order chi connectivity index (χ0) is 11.9. The van der Waals surface area contributed by atoms with Crippen molar-refractivity contribution in [2.45, 2.75) is 31.4 Å². The highest BCUT2D eigenvalue weighted by molar-refractivity contribution is 8.23. The van der Waals surface area contributed by atoms with Gasteiger partial charge in [-0.3, -0.25) is 4.79 Å². The molecule has 1 N–H and O–H groups in total. The zero-order valence-electron chi connectivity index (χ0n) is 8.65. The van der Waals surface area contributed by atoms with E-state index in [2.05, 4.69) is 6.07 Å². The van der Waals surface area contributed by atoms with E-state index in [1.165, 1.54) is 0 Å². The number of ether oxygens (including phenoxy) is 1. The number of carboxylic acid groups (broad SMARTS) is 1. The van der Waals surface area contributed by atoms with E-state index in [-0.39, 0.29) is 17.2 Å². The molecule has 0 saturated carbocycles. The summed E-state index contributed by atoms with van der Waals surface area (Å²) < 4.78 is 4.50. The first-order chi connectivity index (χ1) is 6.93. The summed E-state index contributed by atoms with van der Waals surface area (Å²) in [5, 5.41) is 17.5. The summed E-state index contributed by atoms with van der Waals surface area (Å²) >= 11 is 5.99. The molecule has 0 aromatic rings. The van der Waals surface area contributed by atoms with E-state index < -0.39 is 10.7 Å². The van der Waals surface area contributed by atoms with Gasteiger partial charge >= 0.3 is 5.97 Å². The van der Waals surface area contributed by atoms with Crippen LogP contribution in [0.25, 0.3) is 0 Å². The maximum atomic E-state index is 10.4. The van der Waals surface area contributed by atoms with Gasteiger partial charge in [0.2, 0.25) is 4.38 Å². The number of nitriles is 1. The standard InChI is InChI=1S/C9H13NO3S2/c1-3-13-8(14)15-9(2,6-10)5-4-7(11)12/h3-5H2,1-2H3,(H,11,12)/t9-/m1/s1. The zero-order valence-corrected chi connectivity index (χ0v) is 10.3. The van der Waals surface area contributed by atoms with Crippen molar-refractivity contribution in [3.05, 3.63) is 0 Å². The molecule has 1 atom stereocenters. The van der Waals surface area contributed by atoms with Crippen LogP contribution < -0.4 is 0 Å². The normalized spacial score (nSPS) is 13.7. The molecule has 0 aliphatic heterocycles. The fourth-order valence-electron chi connectivity index (χ4n) is 0.806. The third-order valence-electron chi connectivity index (χ3n) is 1.62. The molecule has 0 aromatic heterocycles. The number of thioether (sulfide) groups is 1. The van der Waals surface area contributed by atoms with Gasteiger partial charge in [-0.2, -0.15) is 5.26 Å². The molecule has 0 rings (SSSR count). The van der Waals surface area contributed by atoms with E-state index in [9.17, 15) is 4.79 Å². The lowest BCUT2D eigenvalue weighted by atomic mass is 10.1. The Bertz CT molecular complexity index is 288. The molecule has 0 saturated heterocycles. The minimum atomic E-state index is -0.917. The molecule has 0 aliphatic carbocycles. The Morgan fingerprint density at radius 3 is 2.73 bits per heavy atom. The van der Waals surface area contributed by atoms with E-state index in [0.717, 1.165) is 11.8 Å². The van der Waals surface area contributed by atoms with Crippen LogP contribution in [0, 0.1) is 11.3 Å². The predicted octanol–water partition coefficient (Wildman–Crippen LogP) is 2.19. The SMILES string of the molecule is CCOC(=S)S[C@@](C)(C#N)CCC(=O)O. The Balaban J connectivity index is 4.25. The van der Waals surface area contributed by atoms with Gasteiger partial charge in [0.25, 0.3) is 0 Å². The highest BCUT2D eigenvalue weighted by atomic mass is 32.2. The average Bonchev–Trinajstić information content (AvgIpc) is 2.15. The Labute approximate surface area is 98.6 Å². The van der Waals surface area contributed by atoms with Crippen LogP contribution in [0.1, 0.15) is 26.7 Å². The predicted molar refractivity (Wildman–Crippen MR) is 62.7 cm³/mol. The van der Waals surface area contributed by atoms with E-state index in [1.54, 1.807) is 13.8 Å². The van der Waals surface area contributed by atoms with Gasteiger partial charge in [0, 0.05) is 6.42 Å². The Hall–Kier alpha value is -0.800. The molecule has 0 radical (unpaired) electrons. The minimum absolute atomic E-state index is 0.0498. The molecule has 0 heterocycles. The van der Waals surface area contributed by atoms with Crippen LogP contribution >= 0.6 is 24.0 Å². The summed E-state index contributed by atoms with van der Waals surface area (Å²) in [6.45, 7) is 3.91. The quantitative estimate of drug-likeness (QED) is 0.751. The fourth-order valence-corrected chi connectivity index (χ4v) is 2.27. The lowest BCUT2D eigenvalue weighted by Crippen LogP contribution is -2.21. The van der Waals surface area contributed by atoms with Crippen molar-refractivity contribution in [3.8, 4) is 6.07 Å². The van der Waals surface area contributed by atoms with Crippen molar-refractivity contribution in [2.75, 3.05) is 6.61 Å². The van der Waals surface area contributed by atoms with Gasteiger partial charge in [0.1, 0.15) is 4.75 Å². The first kappa shape index (κ1) is 14.2. The van der Waals surface area contributed by atoms with Crippen molar-refractivity contribution in [2.24, 2.45) is 0 Å². The molecule has 0 amide bonds. The maximum absolute atomic E-state index is 10.4. The van der Waals surface area contributed by atoms with E-state index in [4.69, 9.17) is 27.3 Å². The third kappa shape index (κ3) is 6.31. The Morgan fingerprint density at radius 1 is 1.73 bits per heavy atom. The summed E-state index contributed by atoms with van der Waals surface area (Å²) in [7, 11) is 0. The molecular weight excluding hydrogens is 234 g/mol. The molecule has 84 valence electrons. The lowest BCUT2D eigenvalue weighted by molar-refractivity contribution is -0.137. The molecule has 15 heavy (non-hydrogen) atoms. The molecule has 4 nitrogen and oxygen atoms in total. The van der Waals surface area contributed by atoms with Crippen LogP contribution in [0.4, 0.5) is 0 Å².